The topological polar surface area (TPSA) is 75.7 Å². The number of nitrogens with zero attached hydrogens (tertiary/aromatic N) is 1. The highest BCUT2D eigenvalue weighted by Gasteiger charge is 2.67. The molecule has 0 bridgehead atoms. The lowest BCUT2D eigenvalue weighted by molar-refractivity contribution is -0.154. The molecule has 2 fully saturated rings. The van der Waals surface area contributed by atoms with E-state index in [1.54, 1.807) is 11.8 Å². The van der Waals surface area contributed by atoms with E-state index in [0.29, 0.717) is 12.2 Å². The average molecular weight is 376 g/mol. The van der Waals surface area contributed by atoms with Crippen LogP contribution in [0.4, 0.5) is 0 Å². The number of carbonyl (C=O) groups excluding carboxylic acids is 3. The second kappa shape index (κ2) is 7.04. The first kappa shape index (κ1) is 18.9. The highest BCUT2D eigenvalue weighted by molar-refractivity contribution is 7.98. The molecule has 0 unspecified atom stereocenters. The van der Waals surface area contributed by atoms with Crippen LogP contribution in [-0.4, -0.2) is 54.4 Å². The van der Waals surface area contributed by atoms with Gasteiger partial charge in [0.05, 0.1) is 18.9 Å². The summed E-state index contributed by atoms with van der Waals surface area (Å²) in [6.07, 6.45) is 2.37. The molecule has 2 amide bonds. The van der Waals surface area contributed by atoms with Gasteiger partial charge in [-0.1, -0.05) is 29.8 Å². The number of esters is 1. The van der Waals surface area contributed by atoms with E-state index in [4.69, 9.17) is 4.74 Å². The van der Waals surface area contributed by atoms with Crippen molar-refractivity contribution in [1.82, 2.24) is 10.2 Å². The number of fused-ring (bicyclic) bond motifs is 1. The predicted octanol–water partition coefficient (Wildman–Crippen LogP) is 1.54. The number of carbonyl (C=O) groups is 3. The van der Waals surface area contributed by atoms with Crippen molar-refractivity contribution < 1.29 is 19.1 Å². The van der Waals surface area contributed by atoms with Gasteiger partial charge in [0.1, 0.15) is 5.54 Å². The molecule has 4 atom stereocenters. The summed E-state index contributed by atoms with van der Waals surface area (Å²) in [5.41, 5.74) is 0.822. The number of amides is 2. The van der Waals surface area contributed by atoms with Crippen LogP contribution < -0.4 is 5.32 Å². The molecular formula is C19H24N2O4S. The van der Waals surface area contributed by atoms with Gasteiger partial charge in [-0.05, 0) is 30.9 Å². The first-order valence-electron chi connectivity index (χ1n) is 8.60. The second-order valence-corrected chi connectivity index (χ2v) is 7.96. The lowest BCUT2D eigenvalue weighted by Crippen LogP contribution is -2.56. The third-order valence-electron chi connectivity index (χ3n) is 5.56. The molecule has 2 saturated heterocycles. The molecule has 0 aliphatic carbocycles. The summed E-state index contributed by atoms with van der Waals surface area (Å²) in [7, 11) is 2.82. The Kier molecular flexibility index (Phi) is 5.12. The normalized spacial score (nSPS) is 30.6. The Morgan fingerprint density at radius 2 is 1.92 bits per heavy atom. The van der Waals surface area contributed by atoms with Crippen LogP contribution in [0.25, 0.3) is 0 Å². The van der Waals surface area contributed by atoms with Crippen LogP contribution in [0.1, 0.15) is 23.6 Å². The van der Waals surface area contributed by atoms with Crippen LogP contribution in [0.3, 0.4) is 0 Å². The molecule has 0 radical (unpaired) electrons. The summed E-state index contributed by atoms with van der Waals surface area (Å²) >= 11 is 1.59. The Hall–Kier alpha value is -1.86. The molecule has 3 rings (SSSR count). The molecule has 0 aromatic heterocycles. The summed E-state index contributed by atoms with van der Waals surface area (Å²) in [4.78, 5) is 39.7. The van der Waals surface area contributed by atoms with Gasteiger partial charge in [-0.3, -0.25) is 24.6 Å². The van der Waals surface area contributed by atoms with E-state index in [1.165, 1.54) is 14.2 Å². The van der Waals surface area contributed by atoms with Gasteiger partial charge in [0.25, 0.3) is 0 Å². The number of likely N-dealkylation sites (tertiary alicyclic amines) is 1. The first-order valence-corrected chi connectivity index (χ1v) is 9.99. The van der Waals surface area contributed by atoms with Crippen molar-refractivity contribution in [3.63, 3.8) is 0 Å². The fourth-order valence-electron chi connectivity index (χ4n) is 4.17. The third kappa shape index (κ3) is 2.74. The number of thioether (sulfide) groups is 1. The quantitative estimate of drug-likeness (QED) is 0.621. The van der Waals surface area contributed by atoms with Crippen LogP contribution in [0.2, 0.25) is 0 Å². The van der Waals surface area contributed by atoms with Crippen molar-refractivity contribution in [2.45, 2.75) is 24.9 Å². The average Bonchev–Trinajstić information content (AvgIpc) is 3.10. The molecule has 1 aromatic carbocycles. The van der Waals surface area contributed by atoms with Crippen LogP contribution in [0, 0.1) is 18.8 Å². The molecular weight excluding hydrogens is 352 g/mol. The minimum atomic E-state index is -1.19. The number of hydrogen-bond donors (Lipinski definition) is 1. The molecule has 0 spiro atoms. The summed E-state index contributed by atoms with van der Waals surface area (Å²) in [6.45, 7) is 1.99. The number of hydrogen-bond acceptors (Lipinski definition) is 6. The van der Waals surface area contributed by atoms with Crippen molar-refractivity contribution in [2.24, 2.45) is 11.8 Å². The summed E-state index contributed by atoms with van der Waals surface area (Å²) in [6, 6.07) is 7.43. The molecule has 26 heavy (non-hydrogen) atoms. The predicted molar refractivity (Wildman–Crippen MR) is 99.6 cm³/mol. The van der Waals surface area contributed by atoms with Gasteiger partial charge < -0.3 is 4.74 Å². The molecule has 7 heteroatoms. The molecule has 140 valence electrons. The van der Waals surface area contributed by atoms with Crippen molar-refractivity contribution >= 4 is 29.5 Å². The smallest absolute Gasteiger partial charge is 0.326 e. The highest BCUT2D eigenvalue weighted by atomic mass is 32.2. The van der Waals surface area contributed by atoms with Crippen molar-refractivity contribution in [3.8, 4) is 0 Å². The highest BCUT2D eigenvalue weighted by Crippen LogP contribution is 2.50. The van der Waals surface area contributed by atoms with Gasteiger partial charge in [-0.25, -0.2) is 0 Å². The number of nitrogens with one attached hydrogen (secondary N) is 1. The van der Waals surface area contributed by atoms with E-state index < -0.39 is 29.4 Å². The SMILES string of the molecule is COC(=O)[C@]1(CCSC)N[C@H](c2ccc(C)cc2)[C@H]2C(=O)N(C)C(=O)[C@@H]21. The third-order valence-corrected chi connectivity index (χ3v) is 6.17. The van der Waals surface area contributed by atoms with Gasteiger partial charge in [-0.15, -0.1) is 0 Å². The Labute approximate surface area is 157 Å². The lowest BCUT2D eigenvalue weighted by atomic mass is 9.78. The van der Waals surface area contributed by atoms with Crippen LogP contribution in [0.15, 0.2) is 24.3 Å². The molecule has 1 aromatic rings. The van der Waals surface area contributed by atoms with Gasteiger partial charge in [0.2, 0.25) is 11.8 Å². The molecule has 0 saturated carbocycles. The standard InChI is InChI=1S/C19H24N2O4S/c1-11-5-7-12(8-6-11)15-13-14(17(23)21(2)16(13)22)19(20-15,9-10-26-4)18(24)25-3/h5-8,13-15,20H,9-10H2,1-4H3/t13-,14+,15+,19+/m0/s1. The molecule has 1 N–H and O–H groups in total. The second-order valence-electron chi connectivity index (χ2n) is 6.98. The fraction of sp³-hybridized carbons (Fsp3) is 0.526. The zero-order valence-electron chi connectivity index (χ0n) is 15.4. The Balaban J connectivity index is 2.11. The van der Waals surface area contributed by atoms with Crippen LogP contribution >= 0.6 is 11.8 Å². The summed E-state index contributed by atoms with van der Waals surface area (Å²) in [5.74, 6) is -1.70. The van der Waals surface area contributed by atoms with Gasteiger partial charge in [-0.2, -0.15) is 11.8 Å². The number of methoxy groups -OCH3 is 1. The minimum Gasteiger partial charge on any atom is -0.468 e. The molecule has 2 aliphatic heterocycles. The maximum absolute atomic E-state index is 12.9. The number of benzene rings is 1. The Morgan fingerprint density at radius 1 is 1.27 bits per heavy atom. The number of imide groups is 1. The van der Waals surface area contributed by atoms with E-state index >= 15 is 0 Å². The number of rotatable bonds is 5. The van der Waals surface area contributed by atoms with E-state index in [0.717, 1.165) is 16.0 Å². The largest absolute Gasteiger partial charge is 0.468 e. The number of ether oxygens (including phenoxy) is 1. The monoisotopic (exact) mass is 376 g/mol. The summed E-state index contributed by atoms with van der Waals surface area (Å²) in [5, 5.41) is 3.35. The Morgan fingerprint density at radius 3 is 2.50 bits per heavy atom. The molecule has 6 nitrogen and oxygen atoms in total. The van der Waals surface area contributed by atoms with Crippen LogP contribution in [0.5, 0.6) is 0 Å². The molecule has 2 aliphatic rings. The minimum absolute atomic E-state index is 0.243. The zero-order valence-corrected chi connectivity index (χ0v) is 16.3. The Bertz CT molecular complexity index is 736. The zero-order chi connectivity index (χ0) is 19.1. The number of aryl methyl sites for hydroxylation is 1. The van der Waals surface area contributed by atoms with Gasteiger partial charge in [0.15, 0.2) is 0 Å². The van der Waals surface area contributed by atoms with Crippen molar-refractivity contribution in [2.75, 3.05) is 26.2 Å². The van der Waals surface area contributed by atoms with Crippen molar-refractivity contribution in [1.29, 1.82) is 0 Å². The fourth-order valence-corrected chi connectivity index (χ4v) is 4.70. The molecule has 2 heterocycles. The van der Waals surface area contributed by atoms with Crippen molar-refractivity contribution in [3.05, 3.63) is 35.4 Å². The maximum Gasteiger partial charge on any atom is 0.326 e. The first-order chi connectivity index (χ1) is 12.4. The van der Waals surface area contributed by atoms with E-state index in [1.807, 2.05) is 37.4 Å². The lowest BCUT2D eigenvalue weighted by Gasteiger charge is -2.32. The van der Waals surface area contributed by atoms with E-state index in [2.05, 4.69) is 5.32 Å². The van der Waals surface area contributed by atoms with Gasteiger partial charge in [0, 0.05) is 13.1 Å². The van der Waals surface area contributed by atoms with E-state index in [9.17, 15) is 14.4 Å². The van der Waals surface area contributed by atoms with Gasteiger partial charge >= 0.3 is 5.97 Å². The summed E-state index contributed by atoms with van der Waals surface area (Å²) < 4.78 is 5.07. The maximum atomic E-state index is 12.9. The van der Waals surface area contributed by atoms with Crippen LogP contribution in [-0.2, 0) is 19.1 Å². The van der Waals surface area contributed by atoms with E-state index in [-0.39, 0.29) is 11.8 Å².